The molecule has 0 unspecified atom stereocenters. The largest absolute Gasteiger partial charge is 0.294 e. The van der Waals surface area contributed by atoms with Crippen LogP contribution in [0, 0.1) is 0 Å². The Kier molecular flexibility index (Phi) is 4.35. The summed E-state index contributed by atoms with van der Waals surface area (Å²) in [6.45, 7) is 11.2. The van der Waals surface area contributed by atoms with Gasteiger partial charge in [-0.05, 0) is 65.8 Å². The van der Waals surface area contributed by atoms with E-state index in [9.17, 15) is 0 Å². The lowest BCUT2D eigenvalue weighted by atomic mass is 9.80. The van der Waals surface area contributed by atoms with E-state index in [2.05, 4.69) is 92.6 Å². The summed E-state index contributed by atoms with van der Waals surface area (Å²) in [7, 11) is 0. The summed E-state index contributed by atoms with van der Waals surface area (Å²) in [6.07, 6.45) is 7.13. The molecule has 0 atom stereocenters. The highest BCUT2D eigenvalue weighted by Crippen LogP contribution is 2.53. The molecule has 0 radical (unpaired) electrons. The zero-order valence-corrected chi connectivity index (χ0v) is 19.5. The first-order valence-corrected chi connectivity index (χ1v) is 11.8. The number of hydrogen-bond acceptors (Lipinski definition) is 1. The number of benzene rings is 3. The van der Waals surface area contributed by atoms with Crippen LogP contribution in [0.1, 0.15) is 50.3 Å². The van der Waals surface area contributed by atoms with Crippen molar-refractivity contribution >= 4 is 38.9 Å². The molecule has 0 fully saturated rings. The summed E-state index contributed by atoms with van der Waals surface area (Å²) in [5.74, 6) is 0.745. The molecule has 2 heteroatoms. The van der Waals surface area contributed by atoms with Crippen molar-refractivity contribution in [3.05, 3.63) is 108 Å². The number of hydrogen-bond donors (Lipinski definition) is 0. The molecule has 2 nitrogen and oxygen atoms in total. The Morgan fingerprint density at radius 3 is 2.42 bits per heavy atom. The molecule has 1 aromatic heterocycles. The third kappa shape index (κ3) is 2.90. The highest BCUT2D eigenvalue weighted by atomic mass is 15.1. The van der Waals surface area contributed by atoms with E-state index in [1.807, 2.05) is 18.2 Å². The third-order valence-corrected chi connectivity index (χ3v) is 7.35. The predicted molar refractivity (Wildman–Crippen MR) is 142 cm³/mol. The van der Waals surface area contributed by atoms with E-state index < -0.39 is 0 Å². The maximum absolute atomic E-state index is 4.95. The summed E-state index contributed by atoms with van der Waals surface area (Å²) in [5, 5.41) is 2.51. The average molecular weight is 429 g/mol. The second-order valence-corrected chi connectivity index (χ2v) is 9.68. The van der Waals surface area contributed by atoms with Gasteiger partial charge in [-0.2, -0.15) is 0 Å². The Labute approximate surface area is 195 Å². The molecule has 0 aliphatic heterocycles. The molecule has 0 amide bonds. The van der Waals surface area contributed by atoms with Crippen LogP contribution in [-0.4, -0.2) is 10.3 Å². The second-order valence-electron chi connectivity index (χ2n) is 9.68. The lowest BCUT2D eigenvalue weighted by Gasteiger charge is -2.23. The van der Waals surface area contributed by atoms with Crippen molar-refractivity contribution < 1.29 is 0 Å². The maximum Gasteiger partial charge on any atom is 0.130 e. The second kappa shape index (κ2) is 7.18. The minimum absolute atomic E-state index is 0.00160. The zero-order chi connectivity index (χ0) is 22.7. The minimum atomic E-state index is 0.00160. The summed E-state index contributed by atoms with van der Waals surface area (Å²) < 4.78 is 2.23. The van der Waals surface area contributed by atoms with Gasteiger partial charge in [-0.3, -0.25) is 4.57 Å². The molecule has 2 aliphatic rings. The Morgan fingerprint density at radius 2 is 1.61 bits per heavy atom. The van der Waals surface area contributed by atoms with Crippen molar-refractivity contribution in [2.75, 3.05) is 0 Å². The van der Waals surface area contributed by atoms with Crippen LogP contribution in [0.2, 0.25) is 0 Å². The third-order valence-electron chi connectivity index (χ3n) is 7.35. The van der Waals surface area contributed by atoms with E-state index in [1.165, 1.54) is 38.6 Å². The standard InChI is InChI=1S/C31H28N2/c1-20(22-12-6-5-7-13-22)32-21(2)33-29-17-11-9-15-24(29)26-18-25-23-14-8-10-16-27(23)31(3,4)28(25)19-30(26)33/h5-7,9,11-19H,2,8,10H2,1,3-4H3/b32-20+. The highest BCUT2D eigenvalue weighted by molar-refractivity contribution is 6.13. The molecule has 4 aromatic rings. The van der Waals surface area contributed by atoms with E-state index in [1.54, 1.807) is 0 Å². The predicted octanol–water partition coefficient (Wildman–Crippen LogP) is 8.13. The first-order valence-electron chi connectivity index (χ1n) is 11.8. The SMILES string of the molecule is C=C(/N=C(\C)c1ccccc1)n1c2ccccc2c2cc3c(cc21)C(C)(C)C1=CCCC=C13. The monoisotopic (exact) mass is 428 g/mol. The van der Waals surface area contributed by atoms with Gasteiger partial charge in [-0.1, -0.05) is 81.1 Å². The molecular weight excluding hydrogens is 400 g/mol. The molecule has 33 heavy (non-hydrogen) atoms. The maximum atomic E-state index is 4.95. The molecule has 0 bridgehead atoms. The summed E-state index contributed by atoms with van der Waals surface area (Å²) in [4.78, 5) is 4.95. The normalized spacial score (nSPS) is 17.0. The van der Waals surface area contributed by atoms with Gasteiger partial charge in [0.25, 0.3) is 0 Å². The molecule has 6 rings (SSSR count). The average Bonchev–Trinajstić information content (AvgIpc) is 3.28. The fraction of sp³-hybridized carbons (Fsp3) is 0.194. The number of para-hydroxylation sites is 1. The molecule has 0 spiro atoms. The van der Waals surface area contributed by atoms with E-state index in [4.69, 9.17) is 4.99 Å². The summed E-state index contributed by atoms with van der Waals surface area (Å²) in [6, 6.07) is 23.7. The quantitative estimate of drug-likeness (QED) is 0.293. The van der Waals surface area contributed by atoms with Crippen LogP contribution in [0.25, 0.3) is 33.2 Å². The fourth-order valence-electron chi connectivity index (χ4n) is 5.69. The van der Waals surface area contributed by atoms with Crippen LogP contribution in [0.15, 0.2) is 96.0 Å². The van der Waals surface area contributed by atoms with Crippen LogP contribution in [0.5, 0.6) is 0 Å². The van der Waals surface area contributed by atoms with Crippen LogP contribution < -0.4 is 0 Å². The van der Waals surface area contributed by atoms with Crippen LogP contribution in [0.4, 0.5) is 0 Å². The van der Waals surface area contributed by atoms with Crippen LogP contribution in [0.3, 0.4) is 0 Å². The Morgan fingerprint density at radius 1 is 0.879 bits per heavy atom. The number of aromatic nitrogens is 1. The Bertz CT molecular complexity index is 1540. The number of allylic oxidation sites excluding steroid dienone is 4. The van der Waals surface area contributed by atoms with Crippen LogP contribution in [-0.2, 0) is 5.41 Å². The van der Waals surface area contributed by atoms with Gasteiger partial charge in [0.1, 0.15) is 5.82 Å². The van der Waals surface area contributed by atoms with Crippen molar-refractivity contribution in [2.24, 2.45) is 4.99 Å². The van der Waals surface area contributed by atoms with Gasteiger partial charge >= 0.3 is 0 Å². The minimum Gasteiger partial charge on any atom is -0.294 e. The molecule has 3 aromatic carbocycles. The molecular formula is C31H28N2. The summed E-state index contributed by atoms with van der Waals surface area (Å²) in [5.41, 5.74) is 10.1. The summed E-state index contributed by atoms with van der Waals surface area (Å²) >= 11 is 0. The van der Waals surface area contributed by atoms with Crippen molar-refractivity contribution in [3.63, 3.8) is 0 Å². The highest BCUT2D eigenvalue weighted by Gasteiger charge is 2.39. The van der Waals surface area contributed by atoms with E-state index in [0.29, 0.717) is 0 Å². The number of aliphatic imine (C=N–C) groups is 1. The van der Waals surface area contributed by atoms with Crippen LogP contribution >= 0.6 is 0 Å². The van der Waals surface area contributed by atoms with Gasteiger partial charge in [0.2, 0.25) is 0 Å². The molecule has 2 aliphatic carbocycles. The fourth-order valence-corrected chi connectivity index (χ4v) is 5.69. The van der Waals surface area contributed by atoms with E-state index in [-0.39, 0.29) is 5.41 Å². The lowest BCUT2D eigenvalue weighted by Crippen LogP contribution is -2.16. The molecule has 0 N–H and O–H groups in total. The lowest BCUT2D eigenvalue weighted by molar-refractivity contribution is 0.655. The number of rotatable bonds is 3. The van der Waals surface area contributed by atoms with Crippen molar-refractivity contribution in [1.29, 1.82) is 0 Å². The van der Waals surface area contributed by atoms with Crippen molar-refractivity contribution in [1.82, 2.24) is 4.57 Å². The topological polar surface area (TPSA) is 17.3 Å². The van der Waals surface area contributed by atoms with Gasteiger partial charge in [0.15, 0.2) is 0 Å². The number of fused-ring (bicyclic) bond motifs is 6. The number of nitrogens with zero attached hydrogens (tertiary/aromatic N) is 2. The molecule has 1 heterocycles. The smallest absolute Gasteiger partial charge is 0.130 e. The first kappa shape index (κ1) is 20.0. The van der Waals surface area contributed by atoms with Crippen molar-refractivity contribution in [3.8, 4) is 0 Å². The zero-order valence-electron chi connectivity index (χ0n) is 19.5. The van der Waals surface area contributed by atoms with E-state index >= 15 is 0 Å². The van der Waals surface area contributed by atoms with Gasteiger partial charge in [-0.25, -0.2) is 4.99 Å². The van der Waals surface area contributed by atoms with Gasteiger partial charge in [0.05, 0.1) is 11.0 Å². The van der Waals surface area contributed by atoms with Crippen molar-refractivity contribution in [2.45, 2.75) is 39.0 Å². The Balaban J connectivity index is 1.61. The first-order chi connectivity index (χ1) is 16.0. The van der Waals surface area contributed by atoms with Gasteiger partial charge in [0, 0.05) is 21.9 Å². The Hall–Kier alpha value is -3.65. The van der Waals surface area contributed by atoms with Gasteiger partial charge in [-0.15, -0.1) is 0 Å². The molecule has 0 saturated carbocycles. The van der Waals surface area contributed by atoms with Gasteiger partial charge < -0.3 is 0 Å². The molecule has 162 valence electrons. The van der Waals surface area contributed by atoms with E-state index in [0.717, 1.165) is 35.5 Å². The molecule has 0 saturated heterocycles.